The van der Waals surface area contributed by atoms with Crippen molar-refractivity contribution in [3.63, 3.8) is 0 Å². The van der Waals surface area contributed by atoms with E-state index in [1.54, 1.807) is 0 Å². The molecule has 0 rings (SSSR count). The molecular weight excluding hydrogens is 481 g/mol. The molecule has 0 aliphatic carbocycles. The Labute approximate surface area is 209 Å². The maximum Gasteiger partial charge on any atom is 0.161 e. The van der Waals surface area contributed by atoms with Crippen molar-refractivity contribution in [1.82, 2.24) is 0 Å². The minimum absolute atomic E-state index is 0.311. The zero-order chi connectivity index (χ0) is 22.6. The molecule has 182 valence electrons. The van der Waals surface area contributed by atoms with Crippen LogP contribution < -0.4 is 0 Å². The Kier molecular flexibility index (Phi) is 22.5. The summed E-state index contributed by atoms with van der Waals surface area (Å²) in [5.41, 5.74) is 0.899. The average Bonchev–Trinajstić information content (AvgIpc) is 2.79. The van der Waals surface area contributed by atoms with Gasteiger partial charge in [-0.25, -0.2) is 0 Å². The van der Waals surface area contributed by atoms with Gasteiger partial charge in [0.2, 0.25) is 0 Å². The zero-order valence-electron chi connectivity index (χ0n) is 20.8. The molecule has 0 N–H and O–H groups in total. The molecule has 0 aromatic rings. The molecule has 0 heterocycles. The maximum absolute atomic E-state index is 6.12. The molecule has 2 nitrogen and oxygen atoms in total. The largest absolute Gasteiger partial charge is 0.423 e. The van der Waals surface area contributed by atoms with Crippen LogP contribution in [-0.4, -0.2) is 44.2 Å². The molecule has 0 unspecified atom stereocenters. The Morgan fingerprint density at radius 3 is 1.20 bits per heavy atom. The average molecular weight is 531 g/mol. The lowest BCUT2D eigenvalue weighted by atomic mass is 9.81. The smallest absolute Gasteiger partial charge is 0.161 e. The molecule has 0 spiro atoms. The molecule has 0 amide bonds. The fourth-order valence-corrected chi connectivity index (χ4v) is 13.0. The van der Waals surface area contributed by atoms with Gasteiger partial charge < -0.3 is 8.85 Å². The van der Waals surface area contributed by atoms with Crippen molar-refractivity contribution in [1.29, 1.82) is 0 Å². The van der Waals surface area contributed by atoms with E-state index in [-0.39, 0.29) is 19.5 Å². The summed E-state index contributed by atoms with van der Waals surface area (Å²) in [7, 11) is 7.35. The van der Waals surface area contributed by atoms with E-state index >= 15 is 0 Å². The summed E-state index contributed by atoms with van der Waals surface area (Å²) in [4.78, 5) is 0. The summed E-state index contributed by atoms with van der Waals surface area (Å²) in [6.45, 7) is 15.9. The highest BCUT2D eigenvalue weighted by Crippen LogP contribution is 2.43. The fourth-order valence-electron chi connectivity index (χ4n) is 3.53. The van der Waals surface area contributed by atoms with Gasteiger partial charge in [0.1, 0.15) is 0 Å². The number of hydrogen-bond donors (Lipinski definition) is 0. The van der Waals surface area contributed by atoms with Crippen LogP contribution in [0.25, 0.3) is 0 Å². The summed E-state index contributed by atoms with van der Waals surface area (Å²) in [5.74, 6) is 2.54. The highest BCUT2D eigenvalue weighted by Gasteiger charge is 2.24. The van der Waals surface area contributed by atoms with Crippen molar-refractivity contribution in [2.24, 2.45) is 10.8 Å². The summed E-state index contributed by atoms with van der Waals surface area (Å²) < 4.78 is 12.2. The predicted octanol–water partition coefficient (Wildman–Crippen LogP) is 7.91. The highest BCUT2D eigenvalue weighted by molar-refractivity contribution is 9.26. The van der Waals surface area contributed by atoms with Gasteiger partial charge in [-0.2, -0.15) is 0 Å². The second kappa shape index (κ2) is 21.3. The van der Waals surface area contributed by atoms with Gasteiger partial charge in [0.15, 0.2) is 19.5 Å². The molecule has 30 heavy (non-hydrogen) atoms. The zero-order valence-corrected chi connectivity index (χ0v) is 26.9. The van der Waals surface area contributed by atoms with Gasteiger partial charge in [-0.3, -0.25) is 0 Å². The van der Waals surface area contributed by atoms with Crippen LogP contribution in [0.2, 0.25) is 12.1 Å². The van der Waals surface area contributed by atoms with Crippen molar-refractivity contribution >= 4 is 60.8 Å². The SMILES string of the molecule is CCC(CC)(CC)CO[SiH2]CCCSSSSCCC[SiH2]OCC(CC)(CC)CC. The van der Waals surface area contributed by atoms with E-state index in [1.807, 2.05) is 41.2 Å². The van der Waals surface area contributed by atoms with E-state index < -0.39 is 0 Å². The summed E-state index contributed by atoms with van der Waals surface area (Å²) in [6.07, 6.45) is 10.2. The van der Waals surface area contributed by atoms with E-state index in [1.165, 1.54) is 75.0 Å². The summed E-state index contributed by atoms with van der Waals surface area (Å²) in [6, 6.07) is 2.66. The first-order chi connectivity index (χ1) is 14.6. The van der Waals surface area contributed by atoms with Crippen LogP contribution in [0.3, 0.4) is 0 Å². The van der Waals surface area contributed by atoms with E-state index in [0.29, 0.717) is 10.8 Å². The molecule has 0 atom stereocenters. The molecule has 0 saturated carbocycles. The van der Waals surface area contributed by atoms with Crippen LogP contribution in [0.4, 0.5) is 0 Å². The van der Waals surface area contributed by atoms with Crippen LogP contribution in [0.15, 0.2) is 0 Å². The van der Waals surface area contributed by atoms with E-state index in [2.05, 4.69) is 41.5 Å². The Balaban J connectivity index is 3.38. The minimum atomic E-state index is -0.311. The molecule has 0 saturated heterocycles. The van der Waals surface area contributed by atoms with Gasteiger partial charge in [0.05, 0.1) is 0 Å². The normalized spacial score (nSPS) is 13.4. The van der Waals surface area contributed by atoms with Crippen molar-refractivity contribution in [3.8, 4) is 0 Å². The monoisotopic (exact) mass is 530 g/mol. The Morgan fingerprint density at radius 2 is 0.900 bits per heavy atom. The maximum atomic E-state index is 6.12. The van der Waals surface area contributed by atoms with Crippen LogP contribution in [0.1, 0.15) is 92.9 Å². The fraction of sp³-hybridized carbons (Fsp3) is 1.00. The van der Waals surface area contributed by atoms with Crippen molar-refractivity contribution in [2.45, 2.75) is 105 Å². The Bertz CT molecular complexity index is 321. The molecule has 0 fully saturated rings. The van der Waals surface area contributed by atoms with Crippen LogP contribution in [0.5, 0.6) is 0 Å². The van der Waals surface area contributed by atoms with Crippen LogP contribution >= 0.6 is 41.2 Å². The van der Waals surface area contributed by atoms with Crippen LogP contribution in [0, 0.1) is 10.8 Å². The molecule has 0 aliphatic heterocycles. The van der Waals surface area contributed by atoms with Crippen molar-refractivity contribution in [3.05, 3.63) is 0 Å². The van der Waals surface area contributed by atoms with Gasteiger partial charge in [-0.05, 0) is 93.9 Å². The minimum Gasteiger partial charge on any atom is -0.423 e. The molecule has 0 bridgehead atoms. The molecule has 0 aromatic carbocycles. The third kappa shape index (κ3) is 14.8. The molecule has 0 aromatic heterocycles. The van der Waals surface area contributed by atoms with E-state index in [9.17, 15) is 0 Å². The lowest BCUT2D eigenvalue weighted by molar-refractivity contribution is 0.131. The first-order valence-corrected chi connectivity index (χ1v) is 20.6. The number of rotatable bonds is 23. The van der Waals surface area contributed by atoms with Gasteiger partial charge in [-0.15, -0.1) is 0 Å². The second-order valence-corrected chi connectivity index (χ2v) is 17.7. The third-order valence-corrected chi connectivity index (χ3v) is 16.2. The Hall–Kier alpha value is 1.75. The predicted molar refractivity (Wildman–Crippen MR) is 155 cm³/mol. The van der Waals surface area contributed by atoms with Crippen molar-refractivity contribution in [2.75, 3.05) is 24.7 Å². The first kappa shape index (κ1) is 31.8. The standard InChI is InChI=1S/C22H50O2S4Si2/c1-7-21(8-2,9-3)19-23-29-17-13-15-25-27-28-26-16-14-18-30-24-20-22(10-4,11-5)12-6/h7-20,29-30H2,1-6H3. The van der Waals surface area contributed by atoms with Crippen LogP contribution in [-0.2, 0) is 8.85 Å². The quantitative estimate of drug-likeness (QED) is 0.0753. The molecule has 0 aliphatic rings. The van der Waals surface area contributed by atoms with Crippen molar-refractivity contribution < 1.29 is 8.85 Å². The lowest BCUT2D eigenvalue weighted by Crippen LogP contribution is -2.25. The summed E-state index contributed by atoms with van der Waals surface area (Å²) >= 11 is 0. The topological polar surface area (TPSA) is 18.5 Å². The van der Waals surface area contributed by atoms with Gasteiger partial charge in [0, 0.05) is 24.7 Å². The van der Waals surface area contributed by atoms with Gasteiger partial charge in [-0.1, -0.05) is 63.1 Å². The van der Waals surface area contributed by atoms with E-state index in [0.717, 1.165) is 13.2 Å². The molecule has 8 heteroatoms. The van der Waals surface area contributed by atoms with Gasteiger partial charge >= 0.3 is 0 Å². The molecule has 0 radical (unpaired) electrons. The first-order valence-electron chi connectivity index (χ1n) is 12.3. The lowest BCUT2D eigenvalue weighted by Gasteiger charge is -2.30. The van der Waals surface area contributed by atoms with E-state index in [4.69, 9.17) is 8.85 Å². The highest BCUT2D eigenvalue weighted by atomic mass is 33.7. The number of hydrogen-bond acceptors (Lipinski definition) is 6. The third-order valence-electron chi connectivity index (χ3n) is 6.97. The Morgan fingerprint density at radius 1 is 0.567 bits per heavy atom. The molecular formula is C22H50O2S4Si2. The second-order valence-electron chi connectivity index (χ2n) is 8.42. The van der Waals surface area contributed by atoms with Gasteiger partial charge in [0.25, 0.3) is 0 Å². The summed E-state index contributed by atoms with van der Waals surface area (Å²) in [5, 5.41) is 0.